The number of carbonyl (C=O) groups is 1. The molecule has 1 amide bonds. The number of imidazole rings is 2. The molecular formula is C31H27F3N8O3. The molecule has 1 aliphatic rings. The van der Waals surface area contributed by atoms with E-state index in [1.54, 1.807) is 29.4 Å². The van der Waals surface area contributed by atoms with Gasteiger partial charge >= 0.3 is 6.18 Å². The van der Waals surface area contributed by atoms with Gasteiger partial charge in [0.25, 0.3) is 0 Å². The average Bonchev–Trinajstić information content (AvgIpc) is 3.81. The van der Waals surface area contributed by atoms with Crippen molar-refractivity contribution in [1.29, 1.82) is 0 Å². The number of hydrogen-bond donors (Lipinski definition) is 1. The van der Waals surface area contributed by atoms with E-state index >= 15 is 0 Å². The number of halogens is 3. The minimum absolute atomic E-state index is 0.165. The summed E-state index contributed by atoms with van der Waals surface area (Å²) in [6, 6.07) is 15.2. The molecular weight excluding hydrogens is 589 g/mol. The van der Waals surface area contributed by atoms with Crippen LogP contribution in [0.2, 0.25) is 0 Å². The fourth-order valence-electron chi connectivity index (χ4n) is 5.81. The summed E-state index contributed by atoms with van der Waals surface area (Å²) in [6.45, 7) is 0.894. The van der Waals surface area contributed by atoms with Crippen LogP contribution in [0.5, 0.6) is 5.88 Å². The second-order valence-corrected chi connectivity index (χ2v) is 10.7. The Hall–Kier alpha value is -5.24. The molecule has 6 aromatic rings. The number of methoxy groups -OCH3 is 1. The van der Waals surface area contributed by atoms with Gasteiger partial charge in [-0.2, -0.15) is 13.2 Å². The number of oxazole rings is 1. The van der Waals surface area contributed by atoms with Crippen molar-refractivity contribution in [2.45, 2.75) is 25.3 Å². The molecule has 0 spiro atoms. The minimum Gasteiger partial charge on any atom is -0.480 e. The third-order valence-electron chi connectivity index (χ3n) is 7.91. The van der Waals surface area contributed by atoms with Gasteiger partial charge in [0.1, 0.15) is 24.7 Å². The predicted molar refractivity (Wildman–Crippen MR) is 157 cm³/mol. The summed E-state index contributed by atoms with van der Waals surface area (Å²) in [5.74, 6) is -0.227. The van der Waals surface area contributed by atoms with Crippen LogP contribution in [0.15, 0.2) is 77.7 Å². The highest BCUT2D eigenvalue weighted by molar-refractivity contribution is 5.85. The molecule has 0 radical (unpaired) electrons. The maximum Gasteiger partial charge on any atom is 0.449 e. The molecule has 5 heterocycles. The first kappa shape index (κ1) is 28.5. The smallest absolute Gasteiger partial charge is 0.449 e. The molecule has 0 bridgehead atoms. The van der Waals surface area contributed by atoms with E-state index in [1.807, 2.05) is 30.3 Å². The monoisotopic (exact) mass is 616 g/mol. The predicted octanol–water partition coefficient (Wildman–Crippen LogP) is 5.08. The van der Waals surface area contributed by atoms with Crippen LogP contribution in [0.4, 0.5) is 13.2 Å². The minimum atomic E-state index is -4.74. The van der Waals surface area contributed by atoms with Gasteiger partial charge in [0.05, 0.1) is 53.9 Å². The second-order valence-electron chi connectivity index (χ2n) is 10.7. The number of H-pyrrole nitrogens is 1. The van der Waals surface area contributed by atoms with Gasteiger partial charge in [-0.1, -0.05) is 30.3 Å². The Balaban J connectivity index is 1.23. The number of aromatic amines is 1. The number of fused-ring (bicyclic) bond motifs is 2. The summed E-state index contributed by atoms with van der Waals surface area (Å²) in [4.78, 5) is 38.1. The number of aromatic nitrogens is 6. The van der Waals surface area contributed by atoms with Gasteiger partial charge in [-0.3, -0.25) is 9.69 Å². The number of para-hydroxylation sites is 3. The molecule has 45 heavy (non-hydrogen) atoms. The van der Waals surface area contributed by atoms with E-state index in [9.17, 15) is 18.0 Å². The van der Waals surface area contributed by atoms with Crippen molar-refractivity contribution in [3.63, 3.8) is 0 Å². The van der Waals surface area contributed by atoms with Gasteiger partial charge in [-0.25, -0.2) is 19.9 Å². The Morgan fingerprint density at radius 3 is 2.64 bits per heavy atom. The van der Waals surface area contributed by atoms with E-state index < -0.39 is 30.5 Å². The summed E-state index contributed by atoms with van der Waals surface area (Å²) in [5, 5.41) is 0.907. The lowest BCUT2D eigenvalue weighted by molar-refractivity contribution is -0.148. The third-order valence-corrected chi connectivity index (χ3v) is 7.91. The average molecular weight is 617 g/mol. The third kappa shape index (κ3) is 5.48. The molecule has 0 saturated carbocycles. The number of pyridine rings is 1. The Labute approximate surface area is 254 Å². The van der Waals surface area contributed by atoms with Crippen molar-refractivity contribution in [2.75, 3.05) is 26.7 Å². The first-order valence-electron chi connectivity index (χ1n) is 14.2. The summed E-state index contributed by atoms with van der Waals surface area (Å²) in [5.41, 5.74) is 2.47. The summed E-state index contributed by atoms with van der Waals surface area (Å²) < 4.78 is 54.0. The van der Waals surface area contributed by atoms with Gasteiger partial charge < -0.3 is 23.6 Å². The number of rotatable bonds is 7. The van der Waals surface area contributed by atoms with Crippen molar-refractivity contribution >= 4 is 27.8 Å². The number of ether oxygens (including phenoxy) is 1. The maximum atomic E-state index is 14.0. The first-order chi connectivity index (χ1) is 21.8. The lowest BCUT2D eigenvalue weighted by atomic mass is 10.1. The number of amides is 1. The number of nitrogens with zero attached hydrogens (tertiary/aromatic N) is 7. The van der Waals surface area contributed by atoms with Gasteiger partial charge in [0.15, 0.2) is 0 Å². The van der Waals surface area contributed by atoms with Gasteiger partial charge in [-0.05, 0) is 24.3 Å². The van der Waals surface area contributed by atoms with Crippen LogP contribution in [0.25, 0.3) is 33.2 Å². The molecule has 1 aliphatic heterocycles. The van der Waals surface area contributed by atoms with Crippen molar-refractivity contribution in [1.82, 2.24) is 39.3 Å². The molecule has 0 aliphatic carbocycles. The Morgan fingerprint density at radius 2 is 1.87 bits per heavy atom. The topological polar surface area (TPSA) is 118 Å². The van der Waals surface area contributed by atoms with E-state index in [0.29, 0.717) is 48.5 Å². The van der Waals surface area contributed by atoms with Crippen LogP contribution >= 0.6 is 0 Å². The number of piperazine rings is 1. The lowest BCUT2D eigenvalue weighted by Gasteiger charge is -2.40. The van der Waals surface area contributed by atoms with Gasteiger partial charge in [0.2, 0.25) is 23.5 Å². The molecule has 7 rings (SSSR count). The Morgan fingerprint density at radius 1 is 1.07 bits per heavy atom. The zero-order valence-electron chi connectivity index (χ0n) is 24.0. The summed E-state index contributed by atoms with van der Waals surface area (Å²) in [6.07, 6.45) is -0.0468. The highest BCUT2D eigenvalue weighted by Crippen LogP contribution is 2.34. The van der Waals surface area contributed by atoms with Crippen LogP contribution in [-0.4, -0.2) is 71.9 Å². The quantitative estimate of drug-likeness (QED) is 0.264. The van der Waals surface area contributed by atoms with Crippen molar-refractivity contribution in [2.24, 2.45) is 0 Å². The van der Waals surface area contributed by atoms with Crippen molar-refractivity contribution in [3.8, 4) is 17.1 Å². The molecule has 11 nitrogen and oxygen atoms in total. The molecule has 230 valence electrons. The van der Waals surface area contributed by atoms with Gasteiger partial charge in [-0.15, -0.1) is 0 Å². The molecule has 4 aromatic heterocycles. The number of nitrogens with one attached hydrogen (secondary N) is 1. The number of carbonyl (C=O) groups excluding carboxylic acids is 1. The van der Waals surface area contributed by atoms with E-state index in [0.717, 1.165) is 15.5 Å². The van der Waals surface area contributed by atoms with Crippen LogP contribution in [0, 0.1) is 0 Å². The van der Waals surface area contributed by atoms with E-state index in [4.69, 9.17) is 9.15 Å². The number of alkyl halides is 3. The molecule has 1 unspecified atom stereocenters. The second kappa shape index (κ2) is 11.4. The summed E-state index contributed by atoms with van der Waals surface area (Å²) >= 11 is 0. The first-order valence-corrected chi connectivity index (χ1v) is 14.2. The van der Waals surface area contributed by atoms with Crippen molar-refractivity contribution < 1.29 is 27.1 Å². The normalized spacial score (nSPS) is 16.1. The number of hydrogen-bond acceptors (Lipinski definition) is 8. The lowest BCUT2D eigenvalue weighted by Crippen LogP contribution is -2.51. The Kier molecular flexibility index (Phi) is 7.20. The van der Waals surface area contributed by atoms with E-state index in [1.165, 1.54) is 25.5 Å². The molecule has 14 heteroatoms. The zero-order valence-corrected chi connectivity index (χ0v) is 24.0. The summed E-state index contributed by atoms with van der Waals surface area (Å²) in [7, 11) is 1.54. The highest BCUT2D eigenvalue weighted by Gasteiger charge is 2.40. The van der Waals surface area contributed by atoms with Crippen LogP contribution in [0.1, 0.15) is 23.6 Å². The standard InChI is InChI=1S/C31H27F3N8O3/c1-44-29-20(14-19-6-2-3-7-21(19)38-29)23-15-36-28(37-23)25-16-40(17-26-35-10-13-45-26)11-12-41(25)27(43)18-42-24-9-5-4-8-22(24)39-30(42)31(32,33)34/h2-10,13-15,25H,11-12,16-18H2,1H3,(H,36,37). The fraction of sp³-hybridized carbons (Fsp3) is 0.258. The molecule has 1 saturated heterocycles. The van der Waals surface area contributed by atoms with Crippen LogP contribution < -0.4 is 4.74 Å². The molecule has 1 N–H and O–H groups in total. The molecule has 2 aromatic carbocycles. The maximum absolute atomic E-state index is 14.0. The SMILES string of the molecule is COc1nc2ccccc2cc1-c1cnc(C2CN(Cc3ncco3)CCN2C(=O)Cn2c(C(F)(F)F)nc3ccccc32)[nH]1. The van der Waals surface area contributed by atoms with E-state index in [2.05, 4.69) is 29.8 Å². The number of benzene rings is 2. The fourth-order valence-corrected chi connectivity index (χ4v) is 5.81. The Bertz CT molecular complexity index is 1990. The van der Waals surface area contributed by atoms with E-state index in [-0.39, 0.29) is 17.6 Å². The largest absolute Gasteiger partial charge is 0.480 e. The van der Waals surface area contributed by atoms with Crippen molar-refractivity contribution in [3.05, 3.63) is 90.8 Å². The van der Waals surface area contributed by atoms with Crippen LogP contribution in [0.3, 0.4) is 0 Å². The highest BCUT2D eigenvalue weighted by atomic mass is 19.4. The molecule has 1 fully saturated rings. The van der Waals surface area contributed by atoms with Crippen LogP contribution in [-0.2, 0) is 24.1 Å². The van der Waals surface area contributed by atoms with Gasteiger partial charge in [0, 0.05) is 25.0 Å². The molecule has 1 atom stereocenters. The zero-order chi connectivity index (χ0) is 31.1.